The highest BCUT2D eigenvalue weighted by molar-refractivity contribution is 6.05. The summed E-state index contributed by atoms with van der Waals surface area (Å²) in [5, 5.41) is 0. The van der Waals surface area contributed by atoms with Gasteiger partial charge in [-0.25, -0.2) is 4.98 Å². The van der Waals surface area contributed by atoms with Gasteiger partial charge in [0.2, 0.25) is 0 Å². The molecule has 4 rings (SSSR count). The number of aryl methyl sites for hydroxylation is 1. The molecule has 0 radical (unpaired) electrons. The van der Waals surface area contributed by atoms with Gasteiger partial charge in [0.15, 0.2) is 5.78 Å². The van der Waals surface area contributed by atoms with Crippen LogP contribution in [0.15, 0.2) is 47.7 Å². The molecule has 0 spiro atoms. The van der Waals surface area contributed by atoms with E-state index in [-0.39, 0.29) is 5.78 Å². The molecule has 24 heavy (non-hydrogen) atoms. The monoisotopic (exact) mass is 319 g/mol. The molecule has 0 amide bonds. The third-order valence-corrected chi connectivity index (χ3v) is 4.30. The van der Waals surface area contributed by atoms with Crippen LogP contribution in [0.1, 0.15) is 33.6 Å². The largest absolute Gasteiger partial charge is 0.497 e. The quantitative estimate of drug-likeness (QED) is 0.679. The number of Topliss-reactive ketones (excluding diaryl/α,β-unsaturated/α-hetero) is 1. The number of carbonyl (C=O) groups is 1. The van der Waals surface area contributed by atoms with Crippen molar-refractivity contribution in [3.63, 3.8) is 0 Å². The molecule has 3 heterocycles. The van der Waals surface area contributed by atoms with E-state index in [2.05, 4.69) is 9.98 Å². The highest BCUT2D eigenvalue weighted by Gasteiger charge is 2.16. The molecular weight excluding hydrogens is 302 g/mol. The summed E-state index contributed by atoms with van der Waals surface area (Å²) in [5.41, 5.74) is 4.59. The standard InChI is InChI=1S/C19H17N3O2/c1-24-15-7-8-22-12-14(21-19(22)9-15)5-6-18(23)16-4-2-3-13-10-20-11-17(13)16/h2-4,7-9,11-12H,5-6,10H2,1H3. The zero-order valence-corrected chi connectivity index (χ0v) is 13.4. The van der Waals surface area contributed by atoms with E-state index in [1.165, 1.54) is 0 Å². The van der Waals surface area contributed by atoms with Crippen molar-refractivity contribution in [2.45, 2.75) is 19.4 Å². The first-order valence-corrected chi connectivity index (χ1v) is 7.91. The Morgan fingerprint density at radius 2 is 2.25 bits per heavy atom. The minimum atomic E-state index is 0.134. The van der Waals surface area contributed by atoms with E-state index < -0.39 is 0 Å². The fraction of sp³-hybridized carbons (Fsp3) is 0.211. The van der Waals surface area contributed by atoms with Crippen molar-refractivity contribution >= 4 is 17.6 Å². The Hall–Kier alpha value is -2.95. The van der Waals surface area contributed by atoms with Crippen LogP contribution in [-0.2, 0) is 13.0 Å². The van der Waals surface area contributed by atoms with E-state index in [1.807, 2.05) is 47.1 Å². The number of hydrogen-bond acceptors (Lipinski definition) is 4. The third kappa shape index (κ3) is 2.58. The van der Waals surface area contributed by atoms with Crippen molar-refractivity contribution in [2.24, 2.45) is 4.99 Å². The Morgan fingerprint density at radius 3 is 3.12 bits per heavy atom. The lowest BCUT2D eigenvalue weighted by molar-refractivity contribution is 0.0982. The Labute approximate surface area is 139 Å². The molecule has 3 aromatic rings. The van der Waals surface area contributed by atoms with Gasteiger partial charge >= 0.3 is 0 Å². The third-order valence-electron chi connectivity index (χ3n) is 4.30. The Morgan fingerprint density at radius 1 is 1.33 bits per heavy atom. The Bertz CT molecular complexity index is 956. The molecule has 120 valence electrons. The van der Waals surface area contributed by atoms with E-state index in [0.29, 0.717) is 19.4 Å². The minimum Gasteiger partial charge on any atom is -0.497 e. The predicted molar refractivity (Wildman–Crippen MR) is 92.1 cm³/mol. The van der Waals surface area contributed by atoms with Crippen LogP contribution in [0.5, 0.6) is 5.75 Å². The molecule has 5 heteroatoms. The SMILES string of the molecule is COc1ccn2cc(CCC(=O)c3cccc4c3C=NC4)nc2c1. The van der Waals surface area contributed by atoms with Gasteiger partial charge in [0.1, 0.15) is 11.4 Å². The van der Waals surface area contributed by atoms with Gasteiger partial charge in [-0.2, -0.15) is 0 Å². The fourth-order valence-electron chi connectivity index (χ4n) is 3.02. The number of pyridine rings is 1. The van der Waals surface area contributed by atoms with Crippen molar-refractivity contribution < 1.29 is 9.53 Å². The van der Waals surface area contributed by atoms with Crippen molar-refractivity contribution in [1.82, 2.24) is 9.38 Å². The van der Waals surface area contributed by atoms with Crippen LogP contribution < -0.4 is 4.74 Å². The smallest absolute Gasteiger partial charge is 0.163 e. The second-order valence-corrected chi connectivity index (χ2v) is 5.84. The van der Waals surface area contributed by atoms with Gasteiger partial charge in [0, 0.05) is 42.2 Å². The average molecular weight is 319 g/mol. The Balaban J connectivity index is 1.52. The molecule has 0 saturated carbocycles. The van der Waals surface area contributed by atoms with Crippen LogP contribution in [0.2, 0.25) is 0 Å². The van der Waals surface area contributed by atoms with E-state index in [0.717, 1.165) is 33.8 Å². The number of benzene rings is 1. The molecule has 2 aromatic heterocycles. The summed E-state index contributed by atoms with van der Waals surface area (Å²) >= 11 is 0. The van der Waals surface area contributed by atoms with Crippen LogP contribution in [-0.4, -0.2) is 28.5 Å². The van der Waals surface area contributed by atoms with E-state index >= 15 is 0 Å². The van der Waals surface area contributed by atoms with E-state index in [9.17, 15) is 4.79 Å². The van der Waals surface area contributed by atoms with Crippen LogP contribution in [0.25, 0.3) is 5.65 Å². The molecule has 0 bridgehead atoms. The van der Waals surface area contributed by atoms with E-state index in [4.69, 9.17) is 4.74 Å². The van der Waals surface area contributed by atoms with Crippen molar-refractivity contribution in [3.8, 4) is 5.75 Å². The molecule has 0 unspecified atom stereocenters. The number of aliphatic imine (C=N–C) groups is 1. The molecule has 1 aromatic carbocycles. The second kappa shape index (κ2) is 5.92. The number of imidazole rings is 1. The lowest BCUT2D eigenvalue weighted by Gasteiger charge is -2.05. The van der Waals surface area contributed by atoms with Gasteiger partial charge in [-0.15, -0.1) is 0 Å². The fourth-order valence-corrected chi connectivity index (χ4v) is 3.02. The first kappa shape index (κ1) is 14.6. The zero-order valence-electron chi connectivity index (χ0n) is 13.4. The summed E-state index contributed by atoms with van der Waals surface area (Å²) in [6.07, 6.45) is 6.72. The van der Waals surface area contributed by atoms with Gasteiger partial charge in [-0.3, -0.25) is 9.79 Å². The van der Waals surface area contributed by atoms with Gasteiger partial charge in [0.05, 0.1) is 19.3 Å². The number of ketones is 1. The number of methoxy groups -OCH3 is 1. The van der Waals surface area contributed by atoms with Crippen LogP contribution in [0.4, 0.5) is 0 Å². The summed E-state index contributed by atoms with van der Waals surface area (Å²) < 4.78 is 7.15. The Kier molecular flexibility index (Phi) is 3.61. The normalized spacial score (nSPS) is 12.5. The number of nitrogens with zero attached hydrogens (tertiary/aromatic N) is 3. The number of fused-ring (bicyclic) bond motifs is 2. The van der Waals surface area contributed by atoms with Crippen molar-refractivity contribution in [3.05, 3.63) is 65.1 Å². The maximum absolute atomic E-state index is 12.6. The maximum atomic E-state index is 12.6. The maximum Gasteiger partial charge on any atom is 0.163 e. The van der Waals surface area contributed by atoms with Gasteiger partial charge in [0.25, 0.3) is 0 Å². The summed E-state index contributed by atoms with van der Waals surface area (Å²) in [6.45, 7) is 0.671. The average Bonchev–Trinajstić information content (AvgIpc) is 3.24. The molecule has 0 N–H and O–H groups in total. The molecule has 0 atom stereocenters. The number of aromatic nitrogens is 2. The second-order valence-electron chi connectivity index (χ2n) is 5.84. The minimum absolute atomic E-state index is 0.134. The highest BCUT2D eigenvalue weighted by atomic mass is 16.5. The number of carbonyl (C=O) groups excluding carboxylic acids is 1. The van der Waals surface area contributed by atoms with Gasteiger partial charge in [-0.1, -0.05) is 18.2 Å². The molecule has 0 aliphatic carbocycles. The summed E-state index contributed by atoms with van der Waals surface area (Å²) in [6, 6.07) is 9.60. The summed E-state index contributed by atoms with van der Waals surface area (Å²) in [7, 11) is 1.63. The first-order valence-electron chi connectivity index (χ1n) is 7.91. The number of hydrogen-bond donors (Lipinski definition) is 0. The lowest BCUT2D eigenvalue weighted by atomic mass is 9.97. The molecule has 1 aliphatic rings. The molecular formula is C19H17N3O2. The number of rotatable bonds is 5. The summed E-state index contributed by atoms with van der Waals surface area (Å²) in [5.74, 6) is 0.907. The van der Waals surface area contributed by atoms with Crippen molar-refractivity contribution in [1.29, 1.82) is 0 Å². The molecule has 5 nitrogen and oxygen atoms in total. The lowest BCUT2D eigenvalue weighted by Crippen LogP contribution is -2.05. The van der Waals surface area contributed by atoms with E-state index in [1.54, 1.807) is 13.3 Å². The van der Waals surface area contributed by atoms with Gasteiger partial charge < -0.3 is 9.14 Å². The van der Waals surface area contributed by atoms with Gasteiger partial charge in [-0.05, 0) is 18.1 Å². The van der Waals surface area contributed by atoms with Crippen molar-refractivity contribution in [2.75, 3.05) is 7.11 Å². The first-order chi connectivity index (χ1) is 11.7. The topological polar surface area (TPSA) is 56.0 Å². The highest BCUT2D eigenvalue weighted by Crippen LogP contribution is 2.21. The zero-order chi connectivity index (χ0) is 16.5. The molecule has 1 aliphatic heterocycles. The summed E-state index contributed by atoms with van der Waals surface area (Å²) in [4.78, 5) is 21.4. The van der Waals surface area contributed by atoms with Crippen LogP contribution in [0, 0.1) is 0 Å². The molecule has 0 fully saturated rings. The molecule has 0 saturated heterocycles. The number of ether oxygens (including phenoxy) is 1. The van der Waals surface area contributed by atoms with Crippen LogP contribution in [0.3, 0.4) is 0 Å². The van der Waals surface area contributed by atoms with Crippen LogP contribution >= 0.6 is 0 Å². The predicted octanol–water partition coefficient (Wildman–Crippen LogP) is 3.09.